The molecule has 0 radical (unpaired) electrons. The third-order valence-electron chi connectivity index (χ3n) is 3.72. The maximum atomic E-state index is 11.7. The Morgan fingerprint density at radius 3 is 2.83 bits per heavy atom. The number of ether oxygens (including phenoxy) is 1. The first-order chi connectivity index (χ1) is 11.2. The van der Waals surface area contributed by atoms with Crippen LogP contribution in [0.2, 0.25) is 0 Å². The highest BCUT2D eigenvalue weighted by Gasteiger charge is 2.23. The molecule has 1 saturated heterocycles. The third-order valence-corrected chi connectivity index (χ3v) is 3.72. The van der Waals surface area contributed by atoms with E-state index < -0.39 is 16.6 Å². The van der Waals surface area contributed by atoms with Crippen molar-refractivity contribution < 1.29 is 14.5 Å². The molecule has 1 aromatic rings. The lowest BCUT2D eigenvalue weighted by Gasteiger charge is -2.33. The minimum absolute atomic E-state index is 0.0149. The van der Waals surface area contributed by atoms with Crippen molar-refractivity contribution in [2.75, 3.05) is 24.5 Å². The number of hydrogen-bond acceptors (Lipinski definition) is 6. The highest BCUT2D eigenvalue weighted by atomic mass is 16.6. The predicted molar refractivity (Wildman–Crippen MR) is 90.1 cm³/mol. The van der Waals surface area contributed by atoms with Gasteiger partial charge in [0.25, 0.3) is 5.69 Å². The summed E-state index contributed by atoms with van der Waals surface area (Å²) in [5.74, 6) is 1.02. The van der Waals surface area contributed by atoms with E-state index in [2.05, 4.69) is 15.2 Å². The van der Waals surface area contributed by atoms with Crippen molar-refractivity contribution in [1.29, 1.82) is 0 Å². The maximum absolute atomic E-state index is 11.7. The second-order valence-corrected chi connectivity index (χ2v) is 6.97. The van der Waals surface area contributed by atoms with Gasteiger partial charge in [0.2, 0.25) is 0 Å². The van der Waals surface area contributed by atoms with Gasteiger partial charge in [-0.15, -0.1) is 0 Å². The van der Waals surface area contributed by atoms with Gasteiger partial charge in [0.15, 0.2) is 0 Å². The summed E-state index contributed by atoms with van der Waals surface area (Å²) in [4.78, 5) is 28.2. The molecule has 1 aliphatic rings. The van der Waals surface area contributed by atoms with Crippen molar-refractivity contribution >= 4 is 17.6 Å². The molecule has 1 fully saturated rings. The molecule has 2 heterocycles. The van der Waals surface area contributed by atoms with Crippen molar-refractivity contribution in [3.63, 3.8) is 0 Å². The number of pyridine rings is 1. The average Bonchev–Trinajstić information content (AvgIpc) is 2.52. The van der Waals surface area contributed by atoms with Gasteiger partial charge in [0, 0.05) is 25.7 Å². The number of aromatic nitrogens is 1. The SMILES string of the molecule is CC(C)(C)OC(=O)NCC1CCCN(c2ccc([N+](=O)[O-])cn2)C1. The Bertz CT molecular complexity index is 583. The number of amides is 1. The second kappa shape index (κ2) is 7.46. The van der Waals surface area contributed by atoms with Crippen LogP contribution in [-0.4, -0.2) is 41.2 Å². The molecule has 1 atom stereocenters. The molecule has 0 aliphatic carbocycles. The molecule has 2 rings (SSSR count). The van der Waals surface area contributed by atoms with Crippen LogP contribution in [0.15, 0.2) is 18.3 Å². The fourth-order valence-electron chi connectivity index (χ4n) is 2.65. The highest BCUT2D eigenvalue weighted by Crippen LogP contribution is 2.22. The summed E-state index contributed by atoms with van der Waals surface area (Å²) < 4.78 is 5.24. The molecule has 1 unspecified atom stereocenters. The van der Waals surface area contributed by atoms with E-state index in [4.69, 9.17) is 4.74 Å². The monoisotopic (exact) mass is 336 g/mol. The topological polar surface area (TPSA) is 97.6 Å². The molecule has 0 bridgehead atoms. The van der Waals surface area contributed by atoms with Gasteiger partial charge >= 0.3 is 6.09 Å². The van der Waals surface area contributed by atoms with Gasteiger partial charge in [0.1, 0.15) is 17.6 Å². The van der Waals surface area contributed by atoms with Crippen molar-refractivity contribution in [3.05, 3.63) is 28.4 Å². The predicted octanol–water partition coefficient (Wildman–Crippen LogP) is 2.73. The Balaban J connectivity index is 1.87. The minimum atomic E-state index is -0.509. The molecule has 1 aliphatic heterocycles. The molecule has 0 saturated carbocycles. The summed E-state index contributed by atoms with van der Waals surface area (Å²) in [5, 5.41) is 13.5. The number of carbonyl (C=O) groups excluding carboxylic acids is 1. The molecular formula is C16H24N4O4. The van der Waals surface area contributed by atoms with Crippen LogP contribution in [0.4, 0.5) is 16.3 Å². The maximum Gasteiger partial charge on any atom is 0.407 e. The summed E-state index contributed by atoms with van der Waals surface area (Å²) >= 11 is 0. The fourth-order valence-corrected chi connectivity index (χ4v) is 2.65. The quantitative estimate of drug-likeness (QED) is 0.670. The van der Waals surface area contributed by atoms with Crippen LogP contribution in [-0.2, 0) is 4.74 Å². The van der Waals surface area contributed by atoms with Crippen LogP contribution < -0.4 is 10.2 Å². The highest BCUT2D eigenvalue weighted by molar-refractivity contribution is 5.67. The number of anilines is 1. The Morgan fingerprint density at radius 2 is 2.25 bits per heavy atom. The van der Waals surface area contributed by atoms with Gasteiger partial charge < -0.3 is 15.0 Å². The van der Waals surface area contributed by atoms with Crippen LogP contribution in [0, 0.1) is 16.0 Å². The third kappa shape index (κ3) is 5.36. The first kappa shape index (κ1) is 18.0. The van der Waals surface area contributed by atoms with E-state index in [1.807, 2.05) is 20.8 Å². The molecule has 8 heteroatoms. The molecule has 24 heavy (non-hydrogen) atoms. The first-order valence-electron chi connectivity index (χ1n) is 8.07. The summed E-state index contributed by atoms with van der Waals surface area (Å²) in [6.07, 6.45) is 2.87. The largest absolute Gasteiger partial charge is 0.444 e. The number of nitro groups is 1. The Labute approximate surface area is 141 Å². The normalized spacial score (nSPS) is 18.1. The van der Waals surface area contributed by atoms with E-state index in [1.165, 1.54) is 12.3 Å². The summed E-state index contributed by atoms with van der Waals surface area (Å²) in [5.41, 5.74) is -0.523. The van der Waals surface area contributed by atoms with Crippen molar-refractivity contribution in [3.8, 4) is 0 Å². The second-order valence-electron chi connectivity index (χ2n) is 6.97. The lowest BCUT2D eigenvalue weighted by atomic mass is 9.98. The minimum Gasteiger partial charge on any atom is -0.444 e. The number of piperidine rings is 1. The molecule has 0 aromatic carbocycles. The molecule has 1 aromatic heterocycles. The van der Waals surface area contributed by atoms with Gasteiger partial charge in [0.05, 0.1) is 4.92 Å². The lowest BCUT2D eigenvalue weighted by molar-refractivity contribution is -0.385. The van der Waals surface area contributed by atoms with Gasteiger partial charge in [-0.05, 0) is 45.6 Å². The summed E-state index contributed by atoms with van der Waals surface area (Å²) in [6.45, 7) is 7.63. The van der Waals surface area contributed by atoms with Crippen LogP contribution in [0.3, 0.4) is 0 Å². The smallest absolute Gasteiger partial charge is 0.407 e. The number of alkyl carbamates (subject to hydrolysis) is 1. The van der Waals surface area contributed by atoms with Crippen molar-refractivity contribution in [2.24, 2.45) is 5.92 Å². The number of rotatable bonds is 4. The van der Waals surface area contributed by atoms with E-state index in [0.717, 1.165) is 31.7 Å². The van der Waals surface area contributed by atoms with Crippen LogP contribution in [0.25, 0.3) is 0 Å². The molecule has 1 N–H and O–H groups in total. The zero-order chi connectivity index (χ0) is 17.7. The van der Waals surface area contributed by atoms with Gasteiger partial charge in [-0.25, -0.2) is 9.78 Å². The molecular weight excluding hydrogens is 312 g/mol. The summed E-state index contributed by atoms with van der Waals surface area (Å²) in [6, 6.07) is 3.13. The van der Waals surface area contributed by atoms with E-state index in [1.54, 1.807) is 6.07 Å². The lowest BCUT2D eigenvalue weighted by Crippen LogP contribution is -2.42. The number of nitrogens with zero attached hydrogens (tertiary/aromatic N) is 3. The van der Waals surface area contributed by atoms with Crippen molar-refractivity contribution in [2.45, 2.75) is 39.2 Å². The summed E-state index contributed by atoms with van der Waals surface area (Å²) in [7, 11) is 0. The van der Waals surface area contributed by atoms with Gasteiger partial charge in [-0.1, -0.05) is 0 Å². The molecule has 132 valence electrons. The van der Waals surface area contributed by atoms with Crippen molar-refractivity contribution in [1.82, 2.24) is 10.3 Å². The molecule has 1 amide bonds. The molecule has 0 spiro atoms. The standard InChI is InChI=1S/C16H24N4O4/c1-16(2,3)24-15(21)18-9-12-5-4-8-19(11-12)14-7-6-13(10-17-14)20(22)23/h6-7,10,12H,4-5,8-9,11H2,1-3H3,(H,18,21). The van der Waals surface area contributed by atoms with Crippen LogP contribution in [0.5, 0.6) is 0 Å². The number of hydrogen-bond donors (Lipinski definition) is 1. The Morgan fingerprint density at radius 1 is 1.50 bits per heavy atom. The molecule has 8 nitrogen and oxygen atoms in total. The van der Waals surface area contributed by atoms with Gasteiger partial charge in [-0.3, -0.25) is 10.1 Å². The first-order valence-corrected chi connectivity index (χ1v) is 8.07. The Hall–Kier alpha value is -2.38. The zero-order valence-electron chi connectivity index (χ0n) is 14.3. The number of nitrogens with one attached hydrogen (secondary N) is 1. The Kier molecular flexibility index (Phi) is 5.58. The van der Waals surface area contributed by atoms with E-state index in [9.17, 15) is 14.9 Å². The van der Waals surface area contributed by atoms with Crippen LogP contribution in [0.1, 0.15) is 33.6 Å². The van der Waals surface area contributed by atoms with E-state index in [0.29, 0.717) is 12.5 Å². The van der Waals surface area contributed by atoms with E-state index >= 15 is 0 Å². The van der Waals surface area contributed by atoms with Gasteiger partial charge in [-0.2, -0.15) is 0 Å². The fraction of sp³-hybridized carbons (Fsp3) is 0.625. The zero-order valence-corrected chi connectivity index (χ0v) is 14.3. The average molecular weight is 336 g/mol. The van der Waals surface area contributed by atoms with Crippen LogP contribution >= 0.6 is 0 Å². The number of carbonyl (C=O) groups is 1. The van der Waals surface area contributed by atoms with E-state index in [-0.39, 0.29) is 5.69 Å².